The Balaban J connectivity index is 2.26. The molecule has 0 N–H and O–H groups in total. The first-order valence-corrected chi connectivity index (χ1v) is 7.06. The molecule has 1 atom stereocenters. The average Bonchev–Trinajstić information content (AvgIpc) is 2.89. The van der Waals surface area contributed by atoms with Gasteiger partial charge in [0.2, 0.25) is 5.82 Å². The number of nitro benzene ring substituents is 1. The summed E-state index contributed by atoms with van der Waals surface area (Å²) in [6.45, 7) is 1.97. The van der Waals surface area contributed by atoms with Crippen LogP contribution in [0.4, 0.5) is 15.8 Å². The van der Waals surface area contributed by atoms with Crippen LogP contribution in [0.2, 0.25) is 0 Å². The van der Waals surface area contributed by atoms with Crippen LogP contribution in [0.25, 0.3) is 0 Å². The van der Waals surface area contributed by atoms with Gasteiger partial charge in [0, 0.05) is 24.4 Å². The Kier molecular flexibility index (Phi) is 4.34. The number of para-hydroxylation sites is 1. The molecule has 20 heavy (non-hydrogen) atoms. The summed E-state index contributed by atoms with van der Waals surface area (Å²) in [5.74, 6) is -0.803. The molecule has 0 bridgehead atoms. The van der Waals surface area contributed by atoms with Crippen molar-refractivity contribution in [3.8, 4) is 0 Å². The van der Waals surface area contributed by atoms with E-state index >= 15 is 0 Å². The van der Waals surface area contributed by atoms with E-state index in [0.29, 0.717) is 5.69 Å². The Morgan fingerprint density at radius 1 is 1.40 bits per heavy atom. The number of anilines is 1. The molecule has 0 spiro atoms. The van der Waals surface area contributed by atoms with Crippen LogP contribution in [0.15, 0.2) is 35.7 Å². The van der Waals surface area contributed by atoms with Crippen molar-refractivity contribution in [1.29, 1.82) is 0 Å². The molecule has 0 aliphatic heterocycles. The van der Waals surface area contributed by atoms with Gasteiger partial charge in [0.25, 0.3) is 0 Å². The molecule has 0 saturated carbocycles. The van der Waals surface area contributed by atoms with Gasteiger partial charge in [-0.3, -0.25) is 10.1 Å². The van der Waals surface area contributed by atoms with Crippen molar-refractivity contribution in [3.63, 3.8) is 0 Å². The van der Waals surface area contributed by atoms with Crippen molar-refractivity contribution < 1.29 is 9.31 Å². The van der Waals surface area contributed by atoms with Gasteiger partial charge in [-0.25, -0.2) is 0 Å². The van der Waals surface area contributed by atoms with Gasteiger partial charge in [0.1, 0.15) is 5.69 Å². The average molecular weight is 294 g/mol. The highest BCUT2D eigenvalue weighted by atomic mass is 32.1. The molecule has 1 heterocycles. The second-order valence-electron chi connectivity index (χ2n) is 4.61. The van der Waals surface area contributed by atoms with Gasteiger partial charge in [-0.1, -0.05) is 12.1 Å². The first-order chi connectivity index (χ1) is 9.50. The summed E-state index contributed by atoms with van der Waals surface area (Å²) in [6.07, 6.45) is 0.766. The molecule has 2 aromatic rings. The summed E-state index contributed by atoms with van der Waals surface area (Å²) in [5.41, 5.74) is -0.160. The van der Waals surface area contributed by atoms with E-state index < -0.39 is 16.4 Å². The Morgan fingerprint density at radius 2 is 2.15 bits per heavy atom. The van der Waals surface area contributed by atoms with E-state index in [0.717, 1.165) is 12.5 Å². The van der Waals surface area contributed by atoms with Crippen molar-refractivity contribution in [2.24, 2.45) is 0 Å². The Bertz CT molecular complexity index is 601. The molecule has 2 rings (SSSR count). The lowest BCUT2D eigenvalue weighted by Crippen LogP contribution is -2.31. The Labute approximate surface area is 120 Å². The number of halogens is 1. The highest BCUT2D eigenvalue weighted by Crippen LogP contribution is 2.31. The fourth-order valence-electron chi connectivity index (χ4n) is 2.06. The SMILES string of the molecule is CC(Cc1cccs1)N(C)c1cccc(F)c1[N+](=O)[O-]. The fraction of sp³-hybridized carbons (Fsp3) is 0.286. The van der Waals surface area contributed by atoms with Crippen LogP contribution >= 0.6 is 11.3 Å². The maximum absolute atomic E-state index is 13.6. The minimum absolute atomic E-state index is 0.0362. The minimum atomic E-state index is -0.803. The van der Waals surface area contributed by atoms with Gasteiger partial charge in [-0.05, 0) is 30.5 Å². The Hall–Kier alpha value is -1.95. The number of hydrogen-bond donors (Lipinski definition) is 0. The van der Waals surface area contributed by atoms with Crippen molar-refractivity contribution in [1.82, 2.24) is 0 Å². The molecule has 1 unspecified atom stereocenters. The van der Waals surface area contributed by atoms with Crippen LogP contribution in [0, 0.1) is 15.9 Å². The number of rotatable bonds is 5. The molecule has 0 amide bonds. The lowest BCUT2D eigenvalue weighted by molar-refractivity contribution is -0.386. The van der Waals surface area contributed by atoms with E-state index in [1.807, 2.05) is 24.4 Å². The number of benzene rings is 1. The topological polar surface area (TPSA) is 46.4 Å². The molecule has 0 fully saturated rings. The molecule has 1 aromatic carbocycles. The van der Waals surface area contributed by atoms with E-state index in [9.17, 15) is 14.5 Å². The van der Waals surface area contributed by atoms with Gasteiger partial charge in [-0.2, -0.15) is 4.39 Å². The predicted molar refractivity (Wildman–Crippen MR) is 78.9 cm³/mol. The van der Waals surface area contributed by atoms with Gasteiger partial charge < -0.3 is 4.90 Å². The van der Waals surface area contributed by atoms with Crippen LogP contribution in [0.1, 0.15) is 11.8 Å². The smallest absolute Gasteiger partial charge is 0.327 e. The summed E-state index contributed by atoms with van der Waals surface area (Å²) in [7, 11) is 1.75. The Morgan fingerprint density at radius 3 is 2.75 bits per heavy atom. The zero-order chi connectivity index (χ0) is 14.7. The summed E-state index contributed by atoms with van der Waals surface area (Å²) >= 11 is 1.64. The molecule has 4 nitrogen and oxygen atoms in total. The first-order valence-electron chi connectivity index (χ1n) is 6.19. The second kappa shape index (κ2) is 6.00. The third-order valence-corrected chi connectivity index (χ3v) is 4.16. The number of nitrogens with zero attached hydrogens (tertiary/aromatic N) is 2. The number of hydrogen-bond acceptors (Lipinski definition) is 4. The van der Waals surface area contributed by atoms with Crippen LogP contribution in [0.5, 0.6) is 0 Å². The van der Waals surface area contributed by atoms with Gasteiger partial charge in [-0.15, -0.1) is 11.3 Å². The standard InChI is InChI=1S/C14H15FN2O2S/c1-10(9-11-5-4-8-20-11)16(2)13-7-3-6-12(15)14(13)17(18)19/h3-8,10H,9H2,1-2H3. The van der Waals surface area contributed by atoms with E-state index in [1.165, 1.54) is 10.9 Å². The van der Waals surface area contributed by atoms with Crippen LogP contribution in [-0.4, -0.2) is 18.0 Å². The van der Waals surface area contributed by atoms with Gasteiger partial charge in [0.05, 0.1) is 4.92 Å². The van der Waals surface area contributed by atoms with E-state index in [4.69, 9.17) is 0 Å². The van der Waals surface area contributed by atoms with Crippen LogP contribution < -0.4 is 4.90 Å². The van der Waals surface area contributed by atoms with Crippen molar-refractivity contribution >= 4 is 22.7 Å². The molecule has 6 heteroatoms. The van der Waals surface area contributed by atoms with Crippen LogP contribution in [-0.2, 0) is 6.42 Å². The third kappa shape index (κ3) is 2.96. The zero-order valence-corrected chi connectivity index (χ0v) is 12.1. The monoisotopic (exact) mass is 294 g/mol. The largest absolute Gasteiger partial charge is 0.366 e. The second-order valence-corrected chi connectivity index (χ2v) is 5.64. The maximum Gasteiger partial charge on any atom is 0.327 e. The molecule has 1 aromatic heterocycles. The summed E-state index contributed by atoms with van der Waals surface area (Å²) < 4.78 is 13.6. The molecule has 0 aliphatic rings. The highest BCUT2D eigenvalue weighted by Gasteiger charge is 2.24. The van der Waals surface area contributed by atoms with Crippen molar-refractivity contribution in [3.05, 3.63) is 56.5 Å². The van der Waals surface area contributed by atoms with E-state index in [-0.39, 0.29) is 6.04 Å². The molecule has 106 valence electrons. The van der Waals surface area contributed by atoms with Gasteiger partial charge >= 0.3 is 5.69 Å². The van der Waals surface area contributed by atoms with Gasteiger partial charge in [0.15, 0.2) is 0 Å². The number of likely N-dealkylation sites (N-methyl/N-ethyl adjacent to an activating group) is 1. The number of nitro groups is 1. The number of thiophene rings is 1. The third-order valence-electron chi connectivity index (χ3n) is 3.27. The zero-order valence-electron chi connectivity index (χ0n) is 11.2. The molecular formula is C14H15FN2O2S. The summed E-state index contributed by atoms with van der Waals surface area (Å²) in [6, 6.07) is 8.21. The first kappa shape index (κ1) is 14.5. The lowest BCUT2D eigenvalue weighted by Gasteiger charge is -2.26. The van der Waals surface area contributed by atoms with E-state index in [1.54, 1.807) is 29.4 Å². The molecule has 0 radical (unpaired) electrons. The highest BCUT2D eigenvalue weighted by molar-refractivity contribution is 7.09. The van der Waals surface area contributed by atoms with E-state index in [2.05, 4.69) is 0 Å². The molecule has 0 aliphatic carbocycles. The quantitative estimate of drug-likeness (QED) is 0.621. The van der Waals surface area contributed by atoms with Crippen LogP contribution in [0.3, 0.4) is 0 Å². The minimum Gasteiger partial charge on any atom is -0.366 e. The maximum atomic E-state index is 13.6. The fourth-order valence-corrected chi connectivity index (χ4v) is 2.89. The van der Waals surface area contributed by atoms with Crippen molar-refractivity contribution in [2.45, 2.75) is 19.4 Å². The normalized spacial score (nSPS) is 12.2. The predicted octanol–water partition coefficient (Wildman–Crippen LogP) is 3.86. The molecular weight excluding hydrogens is 279 g/mol. The summed E-state index contributed by atoms with van der Waals surface area (Å²) in [5, 5.41) is 13.0. The van der Waals surface area contributed by atoms with Crippen molar-refractivity contribution in [2.75, 3.05) is 11.9 Å². The summed E-state index contributed by atoms with van der Waals surface area (Å²) in [4.78, 5) is 13.3. The molecule has 0 saturated heterocycles. The lowest BCUT2D eigenvalue weighted by atomic mass is 10.1.